The summed E-state index contributed by atoms with van der Waals surface area (Å²) in [5.41, 5.74) is 0.748. The molecule has 0 spiro atoms. The number of Topliss-reactive ketones (excluding diaryl/α,β-unsaturated/α-hetero) is 1. The first-order valence-electron chi connectivity index (χ1n) is 6.51. The Morgan fingerprint density at radius 3 is 2.67 bits per heavy atom. The Hall–Kier alpha value is -0.830. The maximum atomic E-state index is 12.4. The fourth-order valence-electron chi connectivity index (χ4n) is 2.02. The van der Waals surface area contributed by atoms with Crippen molar-refractivity contribution in [1.82, 2.24) is 0 Å². The number of rotatable bonds is 7. The van der Waals surface area contributed by atoms with E-state index >= 15 is 0 Å². The van der Waals surface area contributed by atoms with E-state index in [-0.39, 0.29) is 11.7 Å². The van der Waals surface area contributed by atoms with E-state index in [4.69, 9.17) is 4.74 Å². The molecule has 0 aliphatic carbocycles. The van der Waals surface area contributed by atoms with Crippen LogP contribution in [0, 0.1) is 5.92 Å². The number of halogens is 1. The maximum Gasteiger partial charge on any atom is 0.166 e. The monoisotopic (exact) mass is 312 g/mol. The van der Waals surface area contributed by atoms with Crippen molar-refractivity contribution in [2.75, 3.05) is 7.11 Å². The lowest BCUT2D eigenvalue weighted by Gasteiger charge is -2.14. The number of benzene rings is 1. The van der Waals surface area contributed by atoms with Crippen LogP contribution in [0.4, 0.5) is 0 Å². The highest BCUT2D eigenvalue weighted by molar-refractivity contribution is 9.10. The van der Waals surface area contributed by atoms with Crippen molar-refractivity contribution >= 4 is 21.7 Å². The van der Waals surface area contributed by atoms with Crippen LogP contribution in [0.1, 0.15) is 49.9 Å². The van der Waals surface area contributed by atoms with Crippen molar-refractivity contribution in [2.45, 2.75) is 39.5 Å². The summed E-state index contributed by atoms with van der Waals surface area (Å²) in [4.78, 5) is 12.4. The fourth-order valence-corrected chi connectivity index (χ4v) is 2.43. The first kappa shape index (κ1) is 15.2. The molecule has 18 heavy (non-hydrogen) atoms. The van der Waals surface area contributed by atoms with Gasteiger partial charge in [-0.2, -0.15) is 0 Å². The zero-order valence-corrected chi connectivity index (χ0v) is 12.9. The van der Waals surface area contributed by atoms with Crippen LogP contribution in [-0.4, -0.2) is 12.9 Å². The van der Waals surface area contributed by atoms with Gasteiger partial charge in [-0.3, -0.25) is 4.79 Å². The molecule has 3 heteroatoms. The Morgan fingerprint density at radius 1 is 1.39 bits per heavy atom. The molecule has 0 heterocycles. The first-order chi connectivity index (χ1) is 8.63. The van der Waals surface area contributed by atoms with Gasteiger partial charge in [0, 0.05) is 11.5 Å². The molecule has 0 radical (unpaired) electrons. The summed E-state index contributed by atoms with van der Waals surface area (Å²) in [6.07, 6.45) is 4.12. The lowest BCUT2D eigenvalue weighted by atomic mass is 9.90. The molecule has 1 unspecified atom stereocenters. The number of carbonyl (C=O) groups is 1. The number of ether oxygens (including phenoxy) is 1. The van der Waals surface area contributed by atoms with Crippen LogP contribution in [0.5, 0.6) is 5.75 Å². The third-order valence-electron chi connectivity index (χ3n) is 3.21. The highest BCUT2D eigenvalue weighted by Crippen LogP contribution is 2.28. The van der Waals surface area contributed by atoms with Gasteiger partial charge in [0.2, 0.25) is 0 Å². The topological polar surface area (TPSA) is 26.3 Å². The van der Waals surface area contributed by atoms with Gasteiger partial charge in [-0.15, -0.1) is 0 Å². The van der Waals surface area contributed by atoms with Gasteiger partial charge in [-0.25, -0.2) is 0 Å². The zero-order chi connectivity index (χ0) is 13.5. The Morgan fingerprint density at radius 2 is 2.11 bits per heavy atom. The molecular weight excluding hydrogens is 292 g/mol. The molecule has 0 saturated carbocycles. The van der Waals surface area contributed by atoms with Crippen LogP contribution in [0.2, 0.25) is 0 Å². The van der Waals surface area contributed by atoms with Gasteiger partial charge in [0.25, 0.3) is 0 Å². The van der Waals surface area contributed by atoms with Gasteiger partial charge in [0.15, 0.2) is 5.78 Å². The van der Waals surface area contributed by atoms with Crippen LogP contribution in [0.15, 0.2) is 22.7 Å². The van der Waals surface area contributed by atoms with E-state index in [0.29, 0.717) is 5.75 Å². The standard InChI is InChI=1S/C15H21BrO2/c1-4-6-7-11(5-2)15(17)12-8-9-13(16)14(10-12)18-3/h8-11H,4-7H2,1-3H3. The zero-order valence-electron chi connectivity index (χ0n) is 11.3. The van der Waals surface area contributed by atoms with Gasteiger partial charge >= 0.3 is 0 Å². The maximum absolute atomic E-state index is 12.4. The quantitative estimate of drug-likeness (QED) is 0.672. The summed E-state index contributed by atoms with van der Waals surface area (Å²) < 4.78 is 6.11. The number of carbonyl (C=O) groups excluding carboxylic acids is 1. The SMILES string of the molecule is CCCCC(CC)C(=O)c1ccc(Br)c(OC)c1. The molecule has 1 atom stereocenters. The largest absolute Gasteiger partial charge is 0.496 e. The van der Waals surface area contributed by atoms with E-state index in [0.717, 1.165) is 35.7 Å². The molecule has 100 valence electrons. The van der Waals surface area contributed by atoms with Crippen molar-refractivity contribution in [2.24, 2.45) is 5.92 Å². The molecule has 0 amide bonds. The Bertz CT molecular complexity index is 401. The van der Waals surface area contributed by atoms with E-state index in [2.05, 4.69) is 29.8 Å². The summed E-state index contributed by atoms with van der Waals surface area (Å²) >= 11 is 3.40. The molecule has 0 N–H and O–H groups in total. The minimum atomic E-state index is 0.135. The third-order valence-corrected chi connectivity index (χ3v) is 3.86. The highest BCUT2D eigenvalue weighted by atomic mass is 79.9. The molecule has 0 fully saturated rings. The Labute approximate surface area is 118 Å². The summed E-state index contributed by atoms with van der Waals surface area (Å²) in [6, 6.07) is 5.56. The van der Waals surface area contributed by atoms with Crippen LogP contribution >= 0.6 is 15.9 Å². The van der Waals surface area contributed by atoms with E-state index in [1.807, 2.05) is 18.2 Å². The number of hydrogen-bond donors (Lipinski definition) is 0. The molecule has 0 aromatic heterocycles. The molecule has 2 nitrogen and oxygen atoms in total. The minimum absolute atomic E-state index is 0.135. The van der Waals surface area contributed by atoms with Gasteiger partial charge in [-0.1, -0.05) is 32.8 Å². The summed E-state index contributed by atoms with van der Waals surface area (Å²) in [5, 5.41) is 0. The molecular formula is C15H21BrO2. The molecule has 0 saturated heterocycles. The van der Waals surface area contributed by atoms with Crippen LogP contribution in [0.3, 0.4) is 0 Å². The second kappa shape index (κ2) is 7.57. The molecule has 0 aliphatic heterocycles. The lowest BCUT2D eigenvalue weighted by Crippen LogP contribution is -2.14. The lowest BCUT2D eigenvalue weighted by molar-refractivity contribution is 0.0908. The fraction of sp³-hybridized carbons (Fsp3) is 0.533. The normalized spacial score (nSPS) is 12.2. The van der Waals surface area contributed by atoms with E-state index in [1.54, 1.807) is 7.11 Å². The van der Waals surface area contributed by atoms with E-state index in [9.17, 15) is 4.79 Å². The van der Waals surface area contributed by atoms with Crippen molar-refractivity contribution < 1.29 is 9.53 Å². The van der Waals surface area contributed by atoms with Crippen LogP contribution in [0.25, 0.3) is 0 Å². The van der Waals surface area contributed by atoms with Gasteiger partial charge in [-0.05, 0) is 40.9 Å². The minimum Gasteiger partial charge on any atom is -0.496 e. The highest BCUT2D eigenvalue weighted by Gasteiger charge is 2.18. The van der Waals surface area contributed by atoms with Crippen LogP contribution in [-0.2, 0) is 0 Å². The number of ketones is 1. The third kappa shape index (κ3) is 3.84. The predicted octanol–water partition coefficient (Wildman–Crippen LogP) is 4.86. The van der Waals surface area contributed by atoms with Crippen molar-refractivity contribution in [3.8, 4) is 5.75 Å². The van der Waals surface area contributed by atoms with Crippen molar-refractivity contribution in [3.05, 3.63) is 28.2 Å². The second-order valence-corrected chi connectivity index (χ2v) is 5.32. The molecule has 0 aliphatic rings. The predicted molar refractivity (Wildman–Crippen MR) is 78.3 cm³/mol. The summed E-state index contributed by atoms with van der Waals surface area (Å²) in [6.45, 7) is 4.23. The number of unbranched alkanes of at least 4 members (excludes halogenated alkanes) is 1. The van der Waals surface area contributed by atoms with Gasteiger partial charge in [0.05, 0.1) is 11.6 Å². The molecule has 1 aromatic rings. The van der Waals surface area contributed by atoms with Gasteiger partial charge < -0.3 is 4.74 Å². The molecule has 0 bridgehead atoms. The molecule has 1 aromatic carbocycles. The second-order valence-electron chi connectivity index (χ2n) is 4.46. The average molecular weight is 313 g/mol. The van der Waals surface area contributed by atoms with Crippen molar-refractivity contribution in [1.29, 1.82) is 0 Å². The average Bonchev–Trinajstić information content (AvgIpc) is 2.40. The summed E-state index contributed by atoms with van der Waals surface area (Å²) in [5.74, 6) is 1.08. The van der Waals surface area contributed by atoms with Crippen LogP contribution < -0.4 is 4.74 Å². The van der Waals surface area contributed by atoms with Crippen molar-refractivity contribution in [3.63, 3.8) is 0 Å². The van der Waals surface area contributed by atoms with E-state index < -0.39 is 0 Å². The Kier molecular flexibility index (Phi) is 6.41. The van der Waals surface area contributed by atoms with E-state index in [1.165, 1.54) is 0 Å². The summed E-state index contributed by atoms with van der Waals surface area (Å²) in [7, 11) is 1.61. The number of methoxy groups -OCH3 is 1. The molecule has 1 rings (SSSR count). The first-order valence-corrected chi connectivity index (χ1v) is 7.31. The van der Waals surface area contributed by atoms with Gasteiger partial charge in [0.1, 0.15) is 5.75 Å². The smallest absolute Gasteiger partial charge is 0.166 e. The Balaban J connectivity index is 2.87. The number of hydrogen-bond acceptors (Lipinski definition) is 2.